The number of amides is 1. The maximum Gasteiger partial charge on any atom is 0.221 e. The molecule has 1 N–H and O–H groups in total. The van der Waals surface area contributed by atoms with Gasteiger partial charge in [-0.25, -0.2) is 13.1 Å². The van der Waals surface area contributed by atoms with E-state index in [0.29, 0.717) is 10.7 Å². The highest BCUT2D eigenvalue weighted by Gasteiger charge is 2.15. The molecule has 1 heterocycles. The highest BCUT2D eigenvalue weighted by Crippen LogP contribution is 2.30. The molecule has 0 unspecified atom stereocenters. The first kappa shape index (κ1) is 21.8. The summed E-state index contributed by atoms with van der Waals surface area (Å²) in [5.41, 5.74) is 4.77. The number of nitrogens with zero attached hydrogens (tertiary/aromatic N) is 2. The second kappa shape index (κ2) is 8.61. The molecule has 0 radical (unpaired) electrons. The van der Waals surface area contributed by atoms with Crippen molar-refractivity contribution in [2.75, 3.05) is 11.6 Å². The van der Waals surface area contributed by atoms with Crippen molar-refractivity contribution in [1.82, 2.24) is 9.78 Å². The molecule has 0 saturated carbocycles. The predicted octanol–water partition coefficient (Wildman–Crippen LogP) is 5.22. The molecule has 8 heteroatoms. The van der Waals surface area contributed by atoms with Gasteiger partial charge in [-0.2, -0.15) is 5.10 Å². The van der Waals surface area contributed by atoms with Gasteiger partial charge in [0.15, 0.2) is 9.84 Å². The van der Waals surface area contributed by atoms with Crippen LogP contribution in [0.1, 0.15) is 6.92 Å². The molecule has 4 aromatic rings. The number of sulfone groups is 1. The van der Waals surface area contributed by atoms with Gasteiger partial charge in [0.25, 0.3) is 0 Å². The van der Waals surface area contributed by atoms with E-state index in [1.165, 1.54) is 13.2 Å². The van der Waals surface area contributed by atoms with Crippen LogP contribution in [0.15, 0.2) is 83.8 Å². The van der Waals surface area contributed by atoms with Crippen LogP contribution in [0, 0.1) is 0 Å². The summed E-state index contributed by atoms with van der Waals surface area (Å²) in [6.45, 7) is 1.46. The smallest absolute Gasteiger partial charge is 0.221 e. The molecule has 4 rings (SSSR count). The standard InChI is InChI=1S/C24H20ClN3O3S/c1-16(29)26-20-9-5-18(6-10-20)24-15-23(17-3-7-19(25)8-4-17)27-28(24)21-11-13-22(14-12-21)32(2,30)31/h3-15H,1-2H3,(H,26,29). The van der Waals surface area contributed by atoms with Gasteiger partial charge in [0.05, 0.1) is 22.0 Å². The lowest BCUT2D eigenvalue weighted by molar-refractivity contribution is -0.114. The number of benzene rings is 3. The SMILES string of the molecule is CC(=O)Nc1ccc(-c2cc(-c3ccc(Cl)cc3)nn2-c2ccc(S(C)(=O)=O)cc2)cc1. The van der Waals surface area contributed by atoms with Crippen molar-refractivity contribution in [3.8, 4) is 28.2 Å². The monoisotopic (exact) mass is 465 g/mol. The topological polar surface area (TPSA) is 81.1 Å². The zero-order valence-electron chi connectivity index (χ0n) is 17.4. The van der Waals surface area contributed by atoms with Crippen molar-refractivity contribution in [2.45, 2.75) is 11.8 Å². The molecule has 0 aliphatic carbocycles. The Bertz CT molecular complexity index is 1380. The van der Waals surface area contributed by atoms with Crippen molar-refractivity contribution in [3.05, 3.63) is 83.9 Å². The lowest BCUT2D eigenvalue weighted by Crippen LogP contribution is -2.05. The first-order valence-electron chi connectivity index (χ1n) is 9.75. The Labute approximate surface area is 191 Å². The minimum Gasteiger partial charge on any atom is -0.326 e. The van der Waals surface area contributed by atoms with E-state index in [2.05, 4.69) is 5.32 Å². The van der Waals surface area contributed by atoms with E-state index in [0.717, 1.165) is 28.2 Å². The van der Waals surface area contributed by atoms with Crippen LogP contribution in [0.3, 0.4) is 0 Å². The van der Waals surface area contributed by atoms with E-state index < -0.39 is 9.84 Å². The van der Waals surface area contributed by atoms with Gasteiger partial charge in [-0.3, -0.25) is 4.79 Å². The van der Waals surface area contributed by atoms with Crippen molar-refractivity contribution in [3.63, 3.8) is 0 Å². The lowest BCUT2D eigenvalue weighted by Gasteiger charge is -2.09. The first-order chi connectivity index (χ1) is 15.2. The molecule has 0 atom stereocenters. The molecular weight excluding hydrogens is 446 g/mol. The molecule has 0 aliphatic rings. The fourth-order valence-corrected chi connectivity index (χ4v) is 4.06. The second-order valence-electron chi connectivity index (χ2n) is 7.36. The molecule has 1 aromatic heterocycles. The van der Waals surface area contributed by atoms with Crippen molar-refractivity contribution >= 4 is 33.0 Å². The normalized spacial score (nSPS) is 11.3. The third-order valence-electron chi connectivity index (χ3n) is 4.86. The highest BCUT2D eigenvalue weighted by atomic mass is 35.5. The van der Waals surface area contributed by atoms with Crippen LogP contribution < -0.4 is 5.32 Å². The van der Waals surface area contributed by atoms with Gasteiger partial charge in [0.1, 0.15) is 0 Å². The Kier molecular flexibility index (Phi) is 5.86. The van der Waals surface area contributed by atoms with E-state index in [-0.39, 0.29) is 10.8 Å². The second-order valence-corrected chi connectivity index (χ2v) is 9.81. The molecule has 0 spiro atoms. The Morgan fingerprint density at radius 2 is 1.50 bits per heavy atom. The number of hydrogen-bond acceptors (Lipinski definition) is 4. The molecule has 0 saturated heterocycles. The average molecular weight is 466 g/mol. The third-order valence-corrected chi connectivity index (χ3v) is 6.24. The summed E-state index contributed by atoms with van der Waals surface area (Å²) in [6.07, 6.45) is 1.18. The molecule has 162 valence electrons. The number of carbonyl (C=O) groups is 1. The molecule has 32 heavy (non-hydrogen) atoms. The van der Waals surface area contributed by atoms with Crippen LogP contribution in [0.5, 0.6) is 0 Å². The summed E-state index contributed by atoms with van der Waals surface area (Å²) in [7, 11) is -3.30. The fourth-order valence-electron chi connectivity index (χ4n) is 3.31. The third kappa shape index (κ3) is 4.74. The molecule has 1 amide bonds. The first-order valence-corrected chi connectivity index (χ1v) is 12.0. The molecule has 0 bridgehead atoms. The fraction of sp³-hybridized carbons (Fsp3) is 0.0833. The van der Waals surface area contributed by atoms with Crippen molar-refractivity contribution in [1.29, 1.82) is 0 Å². The number of anilines is 1. The average Bonchev–Trinajstić information content (AvgIpc) is 3.19. The van der Waals surface area contributed by atoms with Crippen LogP contribution in [0.25, 0.3) is 28.2 Å². The van der Waals surface area contributed by atoms with E-state index in [9.17, 15) is 13.2 Å². The Hall–Kier alpha value is -3.42. The maximum absolute atomic E-state index is 11.8. The Morgan fingerprint density at radius 1 is 0.906 bits per heavy atom. The van der Waals surface area contributed by atoms with E-state index >= 15 is 0 Å². The number of aromatic nitrogens is 2. The van der Waals surface area contributed by atoms with Gasteiger partial charge < -0.3 is 5.32 Å². The lowest BCUT2D eigenvalue weighted by atomic mass is 10.1. The summed E-state index contributed by atoms with van der Waals surface area (Å²) >= 11 is 6.03. The number of rotatable bonds is 5. The molecule has 0 fully saturated rings. The van der Waals surface area contributed by atoms with Crippen LogP contribution in [-0.4, -0.2) is 30.4 Å². The van der Waals surface area contributed by atoms with Crippen molar-refractivity contribution in [2.24, 2.45) is 0 Å². The molecule has 3 aromatic carbocycles. The van der Waals surface area contributed by atoms with Crippen LogP contribution in [0.2, 0.25) is 5.02 Å². The largest absolute Gasteiger partial charge is 0.326 e. The maximum atomic E-state index is 11.8. The number of halogens is 1. The summed E-state index contributed by atoms with van der Waals surface area (Å²) in [5, 5.41) is 8.17. The minimum atomic E-state index is -3.30. The van der Waals surface area contributed by atoms with Gasteiger partial charge >= 0.3 is 0 Å². The number of nitrogens with one attached hydrogen (secondary N) is 1. The van der Waals surface area contributed by atoms with Gasteiger partial charge in [-0.15, -0.1) is 0 Å². The molecular formula is C24H20ClN3O3S. The quantitative estimate of drug-likeness (QED) is 0.438. The Balaban J connectivity index is 1.82. The number of carbonyl (C=O) groups excluding carboxylic acids is 1. The summed E-state index contributed by atoms with van der Waals surface area (Å²) in [5.74, 6) is -0.140. The van der Waals surface area contributed by atoms with Gasteiger partial charge in [0.2, 0.25) is 5.91 Å². The highest BCUT2D eigenvalue weighted by molar-refractivity contribution is 7.90. The summed E-state index contributed by atoms with van der Waals surface area (Å²) in [4.78, 5) is 11.6. The zero-order chi connectivity index (χ0) is 22.9. The molecule has 6 nitrogen and oxygen atoms in total. The molecule has 0 aliphatic heterocycles. The van der Waals surface area contributed by atoms with Gasteiger partial charge in [-0.05, 0) is 54.6 Å². The van der Waals surface area contributed by atoms with E-state index in [1.54, 1.807) is 41.1 Å². The number of hydrogen-bond donors (Lipinski definition) is 1. The van der Waals surface area contributed by atoms with Gasteiger partial charge in [-0.1, -0.05) is 35.9 Å². The van der Waals surface area contributed by atoms with Crippen LogP contribution >= 0.6 is 11.6 Å². The predicted molar refractivity (Wildman–Crippen MR) is 127 cm³/mol. The summed E-state index contributed by atoms with van der Waals surface area (Å²) < 4.78 is 25.4. The van der Waals surface area contributed by atoms with E-state index in [1.807, 2.05) is 42.5 Å². The van der Waals surface area contributed by atoms with Crippen LogP contribution in [0.4, 0.5) is 5.69 Å². The van der Waals surface area contributed by atoms with Crippen LogP contribution in [-0.2, 0) is 14.6 Å². The van der Waals surface area contributed by atoms with Crippen molar-refractivity contribution < 1.29 is 13.2 Å². The van der Waals surface area contributed by atoms with E-state index in [4.69, 9.17) is 16.7 Å². The summed E-state index contributed by atoms with van der Waals surface area (Å²) in [6, 6.07) is 23.4. The minimum absolute atomic E-state index is 0.140. The zero-order valence-corrected chi connectivity index (χ0v) is 19.0. The Morgan fingerprint density at radius 3 is 2.06 bits per heavy atom. The van der Waals surface area contributed by atoms with Gasteiger partial charge in [0, 0.05) is 35.0 Å².